The molecular formula is C18H27N3O2. The van der Waals surface area contributed by atoms with Crippen molar-refractivity contribution in [1.29, 1.82) is 0 Å². The number of pyridine rings is 1. The SMILES string of the molecule is CCCCCCC(=O)N[C@@H]1CCN(C(=O)c2ccc(C)nc2)C1. The molecule has 0 spiro atoms. The van der Waals surface area contributed by atoms with Gasteiger partial charge in [-0.25, -0.2) is 0 Å². The van der Waals surface area contributed by atoms with Crippen LogP contribution in [0.1, 0.15) is 61.5 Å². The first kappa shape index (κ1) is 17.4. The molecule has 1 aliphatic rings. The Morgan fingerprint density at radius 1 is 1.30 bits per heavy atom. The molecule has 0 radical (unpaired) electrons. The molecule has 2 rings (SSSR count). The maximum absolute atomic E-state index is 12.4. The molecule has 5 heteroatoms. The fourth-order valence-electron chi connectivity index (χ4n) is 2.85. The van der Waals surface area contributed by atoms with Gasteiger partial charge in [-0.3, -0.25) is 14.6 Å². The molecule has 126 valence electrons. The molecule has 0 aliphatic carbocycles. The predicted octanol–water partition coefficient (Wildman–Crippen LogP) is 2.69. The number of unbranched alkanes of at least 4 members (excludes halogenated alkanes) is 3. The Morgan fingerprint density at radius 3 is 2.83 bits per heavy atom. The lowest BCUT2D eigenvalue weighted by Gasteiger charge is -2.17. The Labute approximate surface area is 138 Å². The third-order valence-corrected chi connectivity index (χ3v) is 4.26. The summed E-state index contributed by atoms with van der Waals surface area (Å²) >= 11 is 0. The zero-order chi connectivity index (χ0) is 16.7. The Bertz CT molecular complexity index is 528. The van der Waals surface area contributed by atoms with Crippen LogP contribution in [0.4, 0.5) is 0 Å². The van der Waals surface area contributed by atoms with E-state index >= 15 is 0 Å². The van der Waals surface area contributed by atoms with Gasteiger partial charge in [-0.2, -0.15) is 0 Å². The van der Waals surface area contributed by atoms with Crippen molar-refractivity contribution in [2.75, 3.05) is 13.1 Å². The topological polar surface area (TPSA) is 62.3 Å². The lowest BCUT2D eigenvalue weighted by atomic mass is 10.1. The van der Waals surface area contributed by atoms with E-state index in [9.17, 15) is 9.59 Å². The van der Waals surface area contributed by atoms with Crippen molar-refractivity contribution in [3.8, 4) is 0 Å². The average molecular weight is 317 g/mol. The summed E-state index contributed by atoms with van der Waals surface area (Å²) in [5.41, 5.74) is 1.51. The van der Waals surface area contributed by atoms with E-state index in [1.165, 1.54) is 12.8 Å². The van der Waals surface area contributed by atoms with Gasteiger partial charge in [0, 0.05) is 37.4 Å². The minimum absolute atomic E-state index is 0.00260. The number of carbonyl (C=O) groups excluding carboxylic acids is 2. The summed E-state index contributed by atoms with van der Waals surface area (Å²) in [6, 6.07) is 3.74. The molecular weight excluding hydrogens is 290 g/mol. The van der Waals surface area contributed by atoms with Gasteiger partial charge in [0.2, 0.25) is 5.91 Å². The lowest BCUT2D eigenvalue weighted by Crippen LogP contribution is -2.38. The van der Waals surface area contributed by atoms with Crippen molar-refractivity contribution in [2.45, 2.75) is 58.4 Å². The predicted molar refractivity (Wildman–Crippen MR) is 90.2 cm³/mol. The van der Waals surface area contributed by atoms with E-state index in [0.29, 0.717) is 25.1 Å². The van der Waals surface area contributed by atoms with Crippen LogP contribution in [0.5, 0.6) is 0 Å². The summed E-state index contributed by atoms with van der Waals surface area (Å²) in [5, 5.41) is 3.05. The number of amides is 2. The van der Waals surface area contributed by atoms with Crippen molar-refractivity contribution in [3.05, 3.63) is 29.6 Å². The largest absolute Gasteiger partial charge is 0.352 e. The molecule has 1 atom stereocenters. The normalized spacial score (nSPS) is 17.3. The molecule has 1 aliphatic heterocycles. The van der Waals surface area contributed by atoms with E-state index < -0.39 is 0 Å². The third-order valence-electron chi connectivity index (χ3n) is 4.26. The minimum Gasteiger partial charge on any atom is -0.352 e. The molecule has 0 saturated carbocycles. The first-order valence-corrected chi connectivity index (χ1v) is 8.61. The number of hydrogen-bond donors (Lipinski definition) is 1. The summed E-state index contributed by atoms with van der Waals surface area (Å²) < 4.78 is 0. The van der Waals surface area contributed by atoms with Crippen LogP contribution in [0.15, 0.2) is 18.3 Å². The lowest BCUT2D eigenvalue weighted by molar-refractivity contribution is -0.121. The fraction of sp³-hybridized carbons (Fsp3) is 0.611. The molecule has 1 N–H and O–H groups in total. The van der Waals surface area contributed by atoms with Crippen molar-refractivity contribution in [1.82, 2.24) is 15.2 Å². The van der Waals surface area contributed by atoms with Gasteiger partial charge in [0.25, 0.3) is 5.91 Å². The van der Waals surface area contributed by atoms with Crippen LogP contribution in [0.25, 0.3) is 0 Å². The van der Waals surface area contributed by atoms with Gasteiger partial charge >= 0.3 is 0 Å². The number of nitrogens with zero attached hydrogens (tertiary/aromatic N) is 2. The average Bonchev–Trinajstić information content (AvgIpc) is 3.00. The fourth-order valence-corrected chi connectivity index (χ4v) is 2.85. The van der Waals surface area contributed by atoms with E-state index in [-0.39, 0.29) is 17.9 Å². The van der Waals surface area contributed by atoms with Crippen LogP contribution >= 0.6 is 0 Å². The zero-order valence-corrected chi connectivity index (χ0v) is 14.2. The summed E-state index contributed by atoms with van der Waals surface area (Å²) in [4.78, 5) is 30.3. The first-order chi connectivity index (χ1) is 11.1. The summed E-state index contributed by atoms with van der Waals surface area (Å²) in [6.07, 6.45) is 7.46. The summed E-state index contributed by atoms with van der Waals surface area (Å²) in [5.74, 6) is 0.106. The summed E-state index contributed by atoms with van der Waals surface area (Å²) in [6.45, 7) is 5.34. The van der Waals surface area contributed by atoms with Crippen LogP contribution < -0.4 is 5.32 Å². The van der Waals surface area contributed by atoms with E-state index in [0.717, 1.165) is 25.0 Å². The van der Waals surface area contributed by atoms with Crippen LogP contribution in [-0.4, -0.2) is 40.8 Å². The number of aryl methyl sites for hydroxylation is 1. The molecule has 0 bridgehead atoms. The second kappa shape index (κ2) is 8.65. The Balaban J connectivity index is 1.76. The molecule has 23 heavy (non-hydrogen) atoms. The van der Waals surface area contributed by atoms with Crippen molar-refractivity contribution in [2.24, 2.45) is 0 Å². The Morgan fingerprint density at radius 2 is 2.13 bits per heavy atom. The van der Waals surface area contributed by atoms with E-state index in [1.54, 1.807) is 11.1 Å². The highest BCUT2D eigenvalue weighted by atomic mass is 16.2. The quantitative estimate of drug-likeness (QED) is 0.787. The van der Waals surface area contributed by atoms with Gasteiger partial charge in [-0.05, 0) is 31.9 Å². The van der Waals surface area contributed by atoms with Gasteiger partial charge in [0.05, 0.1) is 5.56 Å². The maximum Gasteiger partial charge on any atom is 0.255 e. The highest BCUT2D eigenvalue weighted by molar-refractivity contribution is 5.94. The van der Waals surface area contributed by atoms with Crippen molar-refractivity contribution >= 4 is 11.8 Å². The highest BCUT2D eigenvalue weighted by Crippen LogP contribution is 2.14. The highest BCUT2D eigenvalue weighted by Gasteiger charge is 2.27. The first-order valence-electron chi connectivity index (χ1n) is 8.61. The van der Waals surface area contributed by atoms with E-state index in [4.69, 9.17) is 0 Å². The number of hydrogen-bond acceptors (Lipinski definition) is 3. The Kier molecular flexibility index (Phi) is 6.56. The van der Waals surface area contributed by atoms with Crippen LogP contribution in [-0.2, 0) is 4.79 Å². The molecule has 2 amide bonds. The zero-order valence-electron chi connectivity index (χ0n) is 14.2. The summed E-state index contributed by atoms with van der Waals surface area (Å²) in [7, 11) is 0. The maximum atomic E-state index is 12.4. The second-order valence-electron chi connectivity index (χ2n) is 6.30. The molecule has 0 unspecified atom stereocenters. The monoisotopic (exact) mass is 317 g/mol. The molecule has 1 saturated heterocycles. The standard InChI is InChI=1S/C18H27N3O2/c1-3-4-5-6-7-17(22)20-16-10-11-21(13-16)18(23)15-9-8-14(2)19-12-15/h8-9,12,16H,3-7,10-11,13H2,1-2H3,(H,20,22)/t16-/m1/s1. The smallest absolute Gasteiger partial charge is 0.255 e. The second-order valence-corrected chi connectivity index (χ2v) is 6.30. The molecule has 5 nitrogen and oxygen atoms in total. The van der Waals surface area contributed by atoms with E-state index in [2.05, 4.69) is 17.2 Å². The van der Waals surface area contributed by atoms with Gasteiger partial charge in [-0.15, -0.1) is 0 Å². The van der Waals surface area contributed by atoms with Gasteiger partial charge < -0.3 is 10.2 Å². The molecule has 1 aromatic heterocycles. The van der Waals surface area contributed by atoms with E-state index in [1.807, 2.05) is 19.1 Å². The number of carbonyl (C=O) groups is 2. The van der Waals surface area contributed by atoms with Crippen LogP contribution in [0.2, 0.25) is 0 Å². The number of likely N-dealkylation sites (tertiary alicyclic amines) is 1. The number of aromatic nitrogens is 1. The minimum atomic E-state index is -0.00260. The third kappa shape index (κ3) is 5.34. The van der Waals surface area contributed by atoms with Gasteiger partial charge in [-0.1, -0.05) is 26.2 Å². The molecule has 1 fully saturated rings. The van der Waals surface area contributed by atoms with Crippen LogP contribution in [0.3, 0.4) is 0 Å². The number of nitrogens with one attached hydrogen (secondary N) is 1. The van der Waals surface area contributed by atoms with Crippen LogP contribution in [0, 0.1) is 6.92 Å². The molecule has 2 heterocycles. The number of rotatable bonds is 7. The van der Waals surface area contributed by atoms with Crippen molar-refractivity contribution < 1.29 is 9.59 Å². The van der Waals surface area contributed by atoms with Gasteiger partial charge in [0.15, 0.2) is 0 Å². The van der Waals surface area contributed by atoms with Gasteiger partial charge in [0.1, 0.15) is 0 Å². The molecule has 0 aromatic carbocycles. The Hall–Kier alpha value is -1.91. The molecule has 1 aromatic rings. The van der Waals surface area contributed by atoms with Crippen molar-refractivity contribution in [3.63, 3.8) is 0 Å².